The van der Waals surface area contributed by atoms with Crippen molar-refractivity contribution in [1.82, 2.24) is 0 Å². The van der Waals surface area contributed by atoms with Crippen LogP contribution in [0.2, 0.25) is 0 Å². The van der Waals surface area contributed by atoms with Gasteiger partial charge in [-0.25, -0.2) is 0 Å². The molecule has 0 spiro atoms. The largest absolute Gasteiger partial charge is 0.0895 e. The highest BCUT2D eigenvalue weighted by atomic mass is 35.5. The van der Waals surface area contributed by atoms with Crippen LogP contribution in [-0.4, -0.2) is 0 Å². The second kappa shape index (κ2) is 2.54. The molecule has 0 saturated heterocycles. The molecule has 0 aromatic carbocycles. The average molecular weight is 131 g/mol. The molecule has 0 fully saturated rings. The van der Waals surface area contributed by atoms with Crippen molar-refractivity contribution in [2.75, 3.05) is 0 Å². The lowest BCUT2D eigenvalue weighted by Gasteiger charge is -2.13. The predicted molar refractivity (Wildman–Crippen MR) is 37.0 cm³/mol. The summed E-state index contributed by atoms with van der Waals surface area (Å²) in [6, 6.07) is 0. The number of hydrogen-bond donors (Lipinski definition) is 0. The van der Waals surface area contributed by atoms with Gasteiger partial charge in [-0.05, 0) is 25.2 Å². The summed E-state index contributed by atoms with van der Waals surface area (Å²) in [7, 11) is 0. The normalized spacial score (nSPS) is 29.8. The van der Waals surface area contributed by atoms with E-state index in [1.54, 1.807) is 0 Å². The van der Waals surface area contributed by atoms with Crippen LogP contribution in [0.5, 0.6) is 0 Å². The topological polar surface area (TPSA) is 0 Å². The summed E-state index contributed by atoms with van der Waals surface area (Å²) in [4.78, 5) is 0. The van der Waals surface area contributed by atoms with Crippen LogP contribution < -0.4 is 0 Å². The fourth-order valence-corrected chi connectivity index (χ4v) is 1.13. The van der Waals surface area contributed by atoms with E-state index in [1.165, 1.54) is 12.8 Å². The van der Waals surface area contributed by atoms with Gasteiger partial charge in [0.05, 0.1) is 0 Å². The van der Waals surface area contributed by atoms with Gasteiger partial charge in [0, 0.05) is 5.03 Å². The number of hydrogen-bond acceptors (Lipinski definition) is 0. The van der Waals surface area contributed by atoms with Crippen LogP contribution >= 0.6 is 11.6 Å². The molecule has 0 radical (unpaired) electrons. The predicted octanol–water partition coefficient (Wildman–Crippen LogP) is 2.93. The third-order valence-electron chi connectivity index (χ3n) is 1.62. The van der Waals surface area contributed by atoms with Gasteiger partial charge in [0.1, 0.15) is 0 Å². The van der Waals surface area contributed by atoms with Gasteiger partial charge < -0.3 is 0 Å². The van der Waals surface area contributed by atoms with E-state index in [9.17, 15) is 0 Å². The van der Waals surface area contributed by atoms with E-state index in [0.717, 1.165) is 17.4 Å². The highest BCUT2D eigenvalue weighted by Crippen LogP contribution is 2.24. The Morgan fingerprint density at radius 3 is 2.88 bits per heavy atom. The Hall–Kier alpha value is 0.0300. The first-order chi connectivity index (χ1) is 3.79. The molecule has 1 atom stereocenters. The first-order valence-corrected chi connectivity index (χ1v) is 3.51. The monoisotopic (exact) mass is 130 g/mol. The van der Waals surface area contributed by atoms with Crippen molar-refractivity contribution < 1.29 is 0 Å². The molecule has 0 bridgehead atoms. The molecular formula is C7H11Cl. The van der Waals surface area contributed by atoms with Crippen LogP contribution in [0.25, 0.3) is 0 Å². The van der Waals surface area contributed by atoms with E-state index < -0.39 is 0 Å². The molecule has 1 rings (SSSR count). The van der Waals surface area contributed by atoms with Crippen LogP contribution in [0, 0.1) is 5.92 Å². The zero-order valence-electron chi connectivity index (χ0n) is 5.15. The molecule has 46 valence electrons. The fraction of sp³-hybridized carbons (Fsp3) is 0.714. The van der Waals surface area contributed by atoms with E-state index in [1.807, 2.05) is 0 Å². The first kappa shape index (κ1) is 6.15. The van der Waals surface area contributed by atoms with Crippen LogP contribution in [0.3, 0.4) is 0 Å². The van der Waals surface area contributed by atoms with Crippen molar-refractivity contribution in [3.05, 3.63) is 11.1 Å². The van der Waals surface area contributed by atoms with Gasteiger partial charge in [-0.15, -0.1) is 0 Å². The van der Waals surface area contributed by atoms with E-state index in [4.69, 9.17) is 11.6 Å². The Kier molecular flexibility index (Phi) is 1.95. The average Bonchev–Trinajstić information content (AvgIpc) is 1.77. The van der Waals surface area contributed by atoms with Crippen LogP contribution in [0.4, 0.5) is 0 Å². The molecule has 0 aromatic heterocycles. The second-order valence-electron chi connectivity index (χ2n) is 2.53. The molecule has 0 saturated carbocycles. The van der Waals surface area contributed by atoms with Crippen molar-refractivity contribution in [2.24, 2.45) is 5.92 Å². The van der Waals surface area contributed by atoms with Crippen molar-refractivity contribution in [1.29, 1.82) is 0 Å². The summed E-state index contributed by atoms with van der Waals surface area (Å²) in [6.45, 7) is 2.26. The smallest absolute Gasteiger partial charge is 0.0141 e. The first-order valence-electron chi connectivity index (χ1n) is 3.13. The van der Waals surface area contributed by atoms with Crippen molar-refractivity contribution >= 4 is 11.6 Å². The summed E-state index contributed by atoms with van der Waals surface area (Å²) < 4.78 is 0. The van der Waals surface area contributed by atoms with Crippen molar-refractivity contribution in [3.8, 4) is 0 Å². The van der Waals surface area contributed by atoms with Crippen LogP contribution in [0.15, 0.2) is 11.1 Å². The van der Waals surface area contributed by atoms with Gasteiger partial charge in [0.15, 0.2) is 0 Å². The maximum atomic E-state index is 5.74. The Bertz CT molecular complexity index is 105. The van der Waals surface area contributed by atoms with E-state index >= 15 is 0 Å². The molecule has 0 N–H and O–H groups in total. The minimum atomic E-state index is 0.859. The molecule has 8 heavy (non-hydrogen) atoms. The molecular weight excluding hydrogens is 120 g/mol. The lowest BCUT2D eigenvalue weighted by Crippen LogP contribution is -1.97. The highest BCUT2D eigenvalue weighted by molar-refractivity contribution is 6.29. The van der Waals surface area contributed by atoms with Gasteiger partial charge in [-0.3, -0.25) is 0 Å². The summed E-state index contributed by atoms with van der Waals surface area (Å²) in [6.07, 6.45) is 5.69. The molecule has 1 aliphatic carbocycles. The summed E-state index contributed by atoms with van der Waals surface area (Å²) in [5.74, 6) is 0.859. The van der Waals surface area contributed by atoms with Crippen molar-refractivity contribution in [3.63, 3.8) is 0 Å². The minimum Gasteiger partial charge on any atom is -0.0895 e. The Labute approximate surface area is 55.5 Å². The standard InChI is InChI=1S/C7H11Cl/c1-6-2-4-7(8)5-3-6/h4,6H,2-3,5H2,1H3/t6-/m0/s1. The maximum Gasteiger partial charge on any atom is 0.0141 e. The van der Waals surface area contributed by atoms with Crippen LogP contribution in [0.1, 0.15) is 26.2 Å². The molecule has 0 amide bonds. The molecule has 0 aliphatic heterocycles. The Balaban J connectivity index is 2.42. The molecule has 0 unspecified atom stereocenters. The number of rotatable bonds is 0. The third-order valence-corrected chi connectivity index (χ3v) is 1.96. The lowest BCUT2D eigenvalue weighted by atomic mass is 9.97. The molecule has 0 nitrogen and oxygen atoms in total. The molecule has 0 aromatic rings. The molecule has 1 aliphatic rings. The maximum absolute atomic E-state index is 5.74. The van der Waals surface area contributed by atoms with Crippen LogP contribution in [-0.2, 0) is 0 Å². The zero-order chi connectivity index (χ0) is 5.98. The van der Waals surface area contributed by atoms with Crippen molar-refractivity contribution in [2.45, 2.75) is 26.2 Å². The quantitative estimate of drug-likeness (QED) is 0.473. The number of halogens is 1. The summed E-state index contributed by atoms with van der Waals surface area (Å²) in [5, 5.41) is 1.06. The van der Waals surface area contributed by atoms with Gasteiger partial charge >= 0.3 is 0 Å². The number of allylic oxidation sites excluding steroid dienone is 2. The third kappa shape index (κ3) is 1.52. The second-order valence-corrected chi connectivity index (χ2v) is 3.02. The summed E-state index contributed by atoms with van der Waals surface area (Å²) in [5.41, 5.74) is 0. The van der Waals surface area contributed by atoms with Gasteiger partial charge in [0.25, 0.3) is 0 Å². The van der Waals surface area contributed by atoms with Gasteiger partial charge in [-0.2, -0.15) is 0 Å². The van der Waals surface area contributed by atoms with Gasteiger partial charge in [-0.1, -0.05) is 24.6 Å². The minimum absolute atomic E-state index is 0.859. The van der Waals surface area contributed by atoms with Gasteiger partial charge in [0.2, 0.25) is 0 Å². The Morgan fingerprint density at radius 2 is 2.50 bits per heavy atom. The summed E-state index contributed by atoms with van der Waals surface area (Å²) >= 11 is 5.74. The zero-order valence-corrected chi connectivity index (χ0v) is 5.91. The Morgan fingerprint density at radius 1 is 1.75 bits per heavy atom. The molecule has 0 heterocycles. The highest BCUT2D eigenvalue weighted by Gasteiger charge is 2.06. The molecule has 1 heteroatoms. The van der Waals surface area contributed by atoms with E-state index in [-0.39, 0.29) is 0 Å². The van der Waals surface area contributed by atoms with E-state index in [0.29, 0.717) is 0 Å². The lowest BCUT2D eigenvalue weighted by molar-refractivity contribution is 0.523. The SMILES string of the molecule is C[C@H]1CC=C(Cl)CC1. The fourth-order valence-electron chi connectivity index (χ4n) is 0.933. The van der Waals surface area contributed by atoms with E-state index in [2.05, 4.69) is 13.0 Å².